The van der Waals surface area contributed by atoms with Gasteiger partial charge in [0.1, 0.15) is 23.9 Å². The fourth-order valence-electron chi connectivity index (χ4n) is 4.54. The lowest BCUT2D eigenvalue weighted by molar-refractivity contribution is -0.143. The average molecular weight is 592 g/mol. The third kappa shape index (κ3) is 8.18. The number of hydrogen-bond acceptors (Lipinski definition) is 8. The number of aromatic amines is 2. The van der Waals surface area contributed by atoms with Crippen LogP contribution in [-0.4, -0.2) is 84.7 Å². The molecule has 0 radical (unpaired) electrons. The van der Waals surface area contributed by atoms with Crippen molar-refractivity contribution in [2.24, 2.45) is 5.73 Å². The Morgan fingerprint density at radius 3 is 2.14 bits per heavy atom. The predicted molar refractivity (Wildman–Crippen MR) is 155 cm³/mol. The van der Waals surface area contributed by atoms with Crippen LogP contribution in [0.15, 0.2) is 67.3 Å². The quantitative estimate of drug-likeness (QED) is 0.0916. The van der Waals surface area contributed by atoms with Gasteiger partial charge in [0.15, 0.2) is 0 Å². The number of benzene rings is 2. The van der Waals surface area contributed by atoms with E-state index in [9.17, 15) is 34.5 Å². The van der Waals surface area contributed by atoms with Crippen LogP contribution in [0, 0.1) is 0 Å². The van der Waals surface area contributed by atoms with Crippen molar-refractivity contribution in [2.75, 3.05) is 6.61 Å². The topological polar surface area (TPSA) is 236 Å². The number of aromatic nitrogens is 3. The number of imidazole rings is 1. The number of H-pyrrole nitrogens is 2. The van der Waals surface area contributed by atoms with E-state index in [0.717, 1.165) is 16.5 Å². The molecule has 43 heavy (non-hydrogen) atoms. The maximum absolute atomic E-state index is 13.8. The summed E-state index contributed by atoms with van der Waals surface area (Å²) in [5.74, 6) is -3.66. The third-order valence-corrected chi connectivity index (χ3v) is 6.87. The molecule has 0 aliphatic carbocycles. The zero-order chi connectivity index (χ0) is 30.9. The van der Waals surface area contributed by atoms with Crippen LogP contribution in [0.1, 0.15) is 16.8 Å². The zero-order valence-electron chi connectivity index (χ0n) is 23.0. The number of carboxylic acid groups (broad SMARTS) is 1. The van der Waals surface area contributed by atoms with E-state index in [4.69, 9.17) is 5.73 Å². The van der Waals surface area contributed by atoms with E-state index in [1.807, 2.05) is 24.3 Å². The average Bonchev–Trinajstić information content (AvgIpc) is 3.66. The summed E-state index contributed by atoms with van der Waals surface area (Å²) in [6.45, 7) is -0.867. The zero-order valence-corrected chi connectivity index (χ0v) is 23.0. The summed E-state index contributed by atoms with van der Waals surface area (Å²) in [5, 5.41) is 36.7. The molecule has 0 spiro atoms. The van der Waals surface area contributed by atoms with E-state index < -0.39 is 54.5 Å². The van der Waals surface area contributed by atoms with Crippen molar-refractivity contribution >= 4 is 34.6 Å². The van der Waals surface area contributed by atoms with Gasteiger partial charge in [-0.1, -0.05) is 30.3 Å². The first-order valence-corrected chi connectivity index (χ1v) is 13.4. The number of rotatable bonds is 14. The normalized spacial score (nSPS) is 13.9. The number of aliphatic carboxylic acids is 1. The number of nitrogens with two attached hydrogens (primary N) is 1. The molecule has 14 heteroatoms. The Morgan fingerprint density at radius 1 is 0.837 bits per heavy atom. The van der Waals surface area contributed by atoms with E-state index in [1.54, 1.807) is 18.3 Å². The highest BCUT2D eigenvalue weighted by Gasteiger charge is 2.31. The molecule has 4 unspecified atom stereocenters. The fraction of sp³-hybridized carbons (Fsp3) is 0.276. The van der Waals surface area contributed by atoms with Crippen molar-refractivity contribution in [3.63, 3.8) is 0 Å². The van der Waals surface area contributed by atoms with E-state index in [-0.39, 0.29) is 25.0 Å². The van der Waals surface area contributed by atoms with Gasteiger partial charge in [0, 0.05) is 48.3 Å². The number of carboxylic acids is 1. The van der Waals surface area contributed by atoms with Gasteiger partial charge in [-0.05, 0) is 29.3 Å². The number of para-hydroxylation sites is 1. The molecule has 10 N–H and O–H groups in total. The van der Waals surface area contributed by atoms with Crippen LogP contribution < -0.4 is 21.7 Å². The molecule has 4 aromatic rings. The molecule has 4 atom stereocenters. The molecule has 4 rings (SSSR count). The largest absolute Gasteiger partial charge is 0.508 e. The lowest BCUT2D eigenvalue weighted by Gasteiger charge is -2.25. The number of nitrogens with one attached hydrogen (secondary N) is 5. The first-order chi connectivity index (χ1) is 20.6. The number of carbonyl (C=O) groups excluding carboxylic acids is 3. The van der Waals surface area contributed by atoms with Gasteiger partial charge in [-0.2, -0.15) is 0 Å². The van der Waals surface area contributed by atoms with Crippen molar-refractivity contribution in [3.8, 4) is 5.75 Å². The number of fused-ring (bicyclic) bond motifs is 1. The molecule has 226 valence electrons. The first-order valence-electron chi connectivity index (χ1n) is 13.4. The first kappa shape index (κ1) is 30.7. The number of carbonyl (C=O) groups is 4. The van der Waals surface area contributed by atoms with Crippen LogP contribution in [0.4, 0.5) is 0 Å². The van der Waals surface area contributed by atoms with Gasteiger partial charge in [-0.25, -0.2) is 9.78 Å². The molecule has 0 saturated heterocycles. The second-order valence-corrected chi connectivity index (χ2v) is 10.0. The molecule has 0 fully saturated rings. The number of phenolic OH excluding ortho intramolecular Hbond substituents is 1. The van der Waals surface area contributed by atoms with Gasteiger partial charge in [-0.15, -0.1) is 0 Å². The van der Waals surface area contributed by atoms with Gasteiger partial charge in [0.2, 0.25) is 17.7 Å². The van der Waals surface area contributed by atoms with Crippen LogP contribution in [0.25, 0.3) is 10.9 Å². The second-order valence-electron chi connectivity index (χ2n) is 10.0. The Labute approximate surface area is 245 Å². The molecule has 0 saturated carbocycles. The van der Waals surface area contributed by atoms with Crippen LogP contribution in [-0.2, 0) is 38.4 Å². The Morgan fingerprint density at radius 2 is 1.49 bits per heavy atom. The highest BCUT2D eigenvalue weighted by atomic mass is 16.4. The Balaban J connectivity index is 1.59. The van der Waals surface area contributed by atoms with Crippen molar-refractivity contribution in [3.05, 3.63) is 84.1 Å². The summed E-state index contributed by atoms with van der Waals surface area (Å²) in [7, 11) is 0. The minimum absolute atomic E-state index is 0.00650. The van der Waals surface area contributed by atoms with Gasteiger partial charge in [0.25, 0.3) is 0 Å². The molecule has 0 bridgehead atoms. The van der Waals surface area contributed by atoms with Crippen LogP contribution in [0.5, 0.6) is 5.75 Å². The van der Waals surface area contributed by atoms with Crippen LogP contribution in [0.3, 0.4) is 0 Å². The van der Waals surface area contributed by atoms with E-state index in [0.29, 0.717) is 11.3 Å². The summed E-state index contributed by atoms with van der Waals surface area (Å²) >= 11 is 0. The minimum Gasteiger partial charge on any atom is -0.508 e. The molecule has 0 aliphatic rings. The number of hydrogen-bond donors (Lipinski definition) is 9. The van der Waals surface area contributed by atoms with Gasteiger partial charge < -0.3 is 47.0 Å². The molecule has 14 nitrogen and oxygen atoms in total. The van der Waals surface area contributed by atoms with Gasteiger partial charge >= 0.3 is 5.97 Å². The summed E-state index contributed by atoms with van der Waals surface area (Å²) < 4.78 is 0. The summed E-state index contributed by atoms with van der Waals surface area (Å²) in [6, 6.07) is 8.22. The predicted octanol–water partition coefficient (Wildman–Crippen LogP) is -0.517. The molecular formula is C29H33N7O7. The van der Waals surface area contributed by atoms with E-state index in [1.165, 1.54) is 24.7 Å². The molecule has 3 amide bonds. The number of phenols is 1. The summed E-state index contributed by atoms with van der Waals surface area (Å²) in [5.41, 5.74) is 8.85. The summed E-state index contributed by atoms with van der Waals surface area (Å²) in [6.07, 6.45) is 4.81. The van der Waals surface area contributed by atoms with Crippen molar-refractivity contribution in [2.45, 2.75) is 43.4 Å². The van der Waals surface area contributed by atoms with Crippen molar-refractivity contribution in [1.29, 1.82) is 0 Å². The number of aliphatic hydroxyl groups is 1. The lowest BCUT2D eigenvalue weighted by atomic mass is 10.0. The standard InChI is InChI=1S/C29H33N7O7/c30-21(11-18-13-31-15-33-18)26(39)34-24(10-17-12-32-22-4-2-1-3-20(17)22)28(41)35-23(9-16-5-7-19(38)8-6-16)27(40)36-25(14-37)29(42)43/h1-8,12-13,15,21,23-25,32,37-38H,9-11,14,30H2,(H,31,33)(H,34,39)(H,35,41)(H,36,40)(H,42,43). The third-order valence-electron chi connectivity index (χ3n) is 6.87. The number of amides is 3. The molecule has 2 aromatic carbocycles. The maximum atomic E-state index is 13.8. The number of nitrogens with zero attached hydrogens (tertiary/aromatic N) is 1. The SMILES string of the molecule is NC(Cc1cnc[nH]1)C(=O)NC(Cc1c[nH]c2ccccc12)C(=O)NC(Cc1ccc(O)cc1)C(=O)NC(CO)C(=O)O. The van der Waals surface area contributed by atoms with Gasteiger partial charge in [0.05, 0.1) is 19.0 Å². The van der Waals surface area contributed by atoms with Crippen LogP contribution in [0.2, 0.25) is 0 Å². The lowest BCUT2D eigenvalue weighted by Crippen LogP contribution is -2.58. The minimum atomic E-state index is -1.60. The number of aliphatic hydroxyl groups excluding tert-OH is 1. The maximum Gasteiger partial charge on any atom is 0.328 e. The van der Waals surface area contributed by atoms with Gasteiger partial charge in [-0.3, -0.25) is 14.4 Å². The second kappa shape index (κ2) is 14.1. The molecule has 2 heterocycles. The highest BCUT2D eigenvalue weighted by Crippen LogP contribution is 2.19. The smallest absolute Gasteiger partial charge is 0.328 e. The highest BCUT2D eigenvalue weighted by molar-refractivity contribution is 5.95. The fourth-order valence-corrected chi connectivity index (χ4v) is 4.54. The Hall–Kier alpha value is -5.21. The van der Waals surface area contributed by atoms with Crippen LogP contribution >= 0.6 is 0 Å². The van der Waals surface area contributed by atoms with Crippen molar-refractivity contribution in [1.82, 2.24) is 30.9 Å². The van der Waals surface area contributed by atoms with E-state index in [2.05, 4.69) is 30.9 Å². The Bertz CT molecular complexity index is 1550. The molecular weight excluding hydrogens is 558 g/mol. The molecule has 2 aromatic heterocycles. The van der Waals surface area contributed by atoms with E-state index >= 15 is 0 Å². The monoisotopic (exact) mass is 591 g/mol. The number of aromatic hydroxyl groups is 1. The van der Waals surface area contributed by atoms with Crippen molar-refractivity contribution < 1.29 is 34.5 Å². The molecule has 0 aliphatic heterocycles. The Kier molecular flexibility index (Phi) is 10.1. The summed E-state index contributed by atoms with van der Waals surface area (Å²) in [4.78, 5) is 61.4.